The monoisotopic (exact) mass is 477 g/mol. The molecule has 0 aromatic carbocycles. The fraction of sp³-hybridized carbons (Fsp3) is 0.455. The molecule has 1 aliphatic carbocycles. The van der Waals surface area contributed by atoms with Gasteiger partial charge in [0, 0.05) is 18.0 Å². The molecule has 3 aromatic heterocycles. The Morgan fingerprint density at radius 1 is 1.30 bits per heavy atom. The zero-order chi connectivity index (χ0) is 24.1. The van der Waals surface area contributed by atoms with Crippen molar-refractivity contribution in [1.82, 2.24) is 19.1 Å². The van der Waals surface area contributed by atoms with Crippen molar-refractivity contribution in [3.8, 4) is 23.3 Å². The lowest BCUT2D eigenvalue weighted by molar-refractivity contribution is -0.144. The van der Waals surface area contributed by atoms with Crippen molar-refractivity contribution in [2.75, 3.05) is 5.75 Å². The topological polar surface area (TPSA) is 85.7 Å². The number of hydrogen-bond acceptors (Lipinski definition) is 6. The molecule has 1 fully saturated rings. The van der Waals surface area contributed by atoms with Crippen LogP contribution in [0, 0.1) is 11.3 Å². The summed E-state index contributed by atoms with van der Waals surface area (Å²) in [5, 5.41) is 9.22. The minimum Gasteiger partial charge on any atom is -0.471 e. The first kappa shape index (κ1) is 23.2. The summed E-state index contributed by atoms with van der Waals surface area (Å²) in [5.41, 5.74) is -2.24. The van der Waals surface area contributed by atoms with Crippen molar-refractivity contribution in [1.29, 1.82) is 5.26 Å². The van der Waals surface area contributed by atoms with Crippen molar-refractivity contribution in [2.45, 2.75) is 56.3 Å². The molecule has 0 aliphatic heterocycles. The molecule has 1 aliphatic rings. The summed E-state index contributed by atoms with van der Waals surface area (Å²) in [6.07, 6.45) is -2.14. The summed E-state index contributed by atoms with van der Waals surface area (Å²) in [6.45, 7) is 5.20. The maximum absolute atomic E-state index is 13.7. The molecule has 0 radical (unpaired) electrons. The number of ether oxygens (including phenoxy) is 1. The minimum absolute atomic E-state index is 0.0260. The van der Waals surface area contributed by atoms with Crippen molar-refractivity contribution in [3.63, 3.8) is 0 Å². The Morgan fingerprint density at radius 3 is 2.58 bits per heavy atom. The molecule has 11 heteroatoms. The number of imidazole rings is 1. The minimum atomic E-state index is -4.67. The van der Waals surface area contributed by atoms with Gasteiger partial charge in [-0.2, -0.15) is 18.4 Å². The van der Waals surface area contributed by atoms with Crippen molar-refractivity contribution < 1.29 is 17.9 Å². The fourth-order valence-electron chi connectivity index (χ4n) is 3.65. The lowest BCUT2D eigenvalue weighted by Gasteiger charge is -2.19. The molecule has 0 amide bonds. The first-order valence-electron chi connectivity index (χ1n) is 10.4. The number of rotatable bonds is 6. The number of halogens is 3. The third-order valence-electron chi connectivity index (χ3n) is 5.26. The average molecular weight is 478 g/mol. The van der Waals surface area contributed by atoms with E-state index in [1.165, 1.54) is 22.5 Å². The molecular weight excluding hydrogens is 455 g/mol. The summed E-state index contributed by atoms with van der Waals surface area (Å²) in [5.74, 6) is 1.36. The van der Waals surface area contributed by atoms with E-state index in [-0.39, 0.29) is 16.9 Å². The number of thioether (sulfide) groups is 1. The van der Waals surface area contributed by atoms with Crippen LogP contribution in [0.2, 0.25) is 0 Å². The lowest BCUT2D eigenvalue weighted by Crippen LogP contribution is -2.28. The Kier molecular flexibility index (Phi) is 5.68. The Morgan fingerprint density at radius 2 is 2.00 bits per heavy atom. The van der Waals surface area contributed by atoms with E-state index in [0.717, 1.165) is 10.6 Å². The maximum atomic E-state index is 13.7. The number of hydrogen-bond donors (Lipinski definition) is 0. The van der Waals surface area contributed by atoms with Gasteiger partial charge in [-0.25, -0.2) is 9.97 Å². The SMILES string of the molecule is CCSc1cc(OC(C)(C)C#N)cnc1-c1nc2cc(C(F)(F)F)n(C3CC3)c(=O)c2n1C. The van der Waals surface area contributed by atoms with Crippen molar-refractivity contribution in [2.24, 2.45) is 7.05 Å². The number of nitrogens with zero attached hydrogens (tertiary/aromatic N) is 5. The highest BCUT2D eigenvalue weighted by Gasteiger charge is 2.40. The summed E-state index contributed by atoms with van der Waals surface area (Å²) in [6, 6.07) is 4.28. The van der Waals surface area contributed by atoms with E-state index in [1.807, 2.05) is 6.92 Å². The molecular formula is C22H22F3N5O2S. The largest absolute Gasteiger partial charge is 0.471 e. The molecule has 7 nitrogen and oxygen atoms in total. The van der Waals surface area contributed by atoms with Crippen LogP contribution in [0.15, 0.2) is 28.0 Å². The van der Waals surface area contributed by atoms with Gasteiger partial charge >= 0.3 is 6.18 Å². The van der Waals surface area contributed by atoms with E-state index in [4.69, 9.17) is 4.74 Å². The van der Waals surface area contributed by atoms with Crippen LogP contribution in [0.4, 0.5) is 13.2 Å². The van der Waals surface area contributed by atoms with E-state index < -0.39 is 29.1 Å². The van der Waals surface area contributed by atoms with E-state index in [9.17, 15) is 23.2 Å². The fourth-order valence-corrected chi connectivity index (χ4v) is 4.45. The van der Waals surface area contributed by atoms with Crippen molar-refractivity contribution >= 4 is 22.8 Å². The Labute approximate surface area is 192 Å². The second kappa shape index (κ2) is 8.09. The van der Waals surface area contributed by atoms with Crippen LogP contribution < -0.4 is 10.3 Å². The quantitative estimate of drug-likeness (QED) is 0.468. The number of aromatic nitrogens is 4. The van der Waals surface area contributed by atoms with Crippen LogP contribution in [-0.4, -0.2) is 30.5 Å². The molecule has 33 heavy (non-hydrogen) atoms. The number of aryl methyl sites for hydroxylation is 1. The highest BCUT2D eigenvalue weighted by molar-refractivity contribution is 7.99. The predicted octanol–water partition coefficient (Wildman–Crippen LogP) is 4.94. The van der Waals surface area contributed by atoms with E-state index in [2.05, 4.69) is 16.0 Å². The molecule has 174 valence electrons. The molecule has 1 saturated carbocycles. The second-order valence-corrected chi connectivity index (χ2v) is 9.64. The van der Waals surface area contributed by atoms with Crippen LogP contribution in [0.1, 0.15) is 45.3 Å². The van der Waals surface area contributed by atoms with Gasteiger partial charge in [0.05, 0.1) is 11.7 Å². The normalized spacial score (nSPS) is 14.5. The van der Waals surface area contributed by atoms with Gasteiger partial charge < -0.3 is 9.30 Å². The third-order valence-corrected chi connectivity index (χ3v) is 6.17. The maximum Gasteiger partial charge on any atom is 0.431 e. The Bertz CT molecular complexity index is 1330. The molecule has 0 unspecified atom stereocenters. The number of fused-ring (bicyclic) bond motifs is 1. The van der Waals surface area contributed by atoms with Gasteiger partial charge in [-0.05, 0) is 44.6 Å². The second-order valence-electron chi connectivity index (χ2n) is 8.34. The smallest absolute Gasteiger partial charge is 0.431 e. The standard InChI is InChI=1S/C22H22F3N5O2S/c1-5-33-15-8-13(32-21(2,3)11-26)10-27-17(15)19-28-14-9-16(22(23,24)25)30(12-6-7-12)20(31)18(14)29(19)4/h8-10,12H,5-7H2,1-4H3. The highest BCUT2D eigenvalue weighted by atomic mass is 32.2. The van der Waals surface area contributed by atoms with Gasteiger partial charge in [-0.3, -0.25) is 9.36 Å². The zero-order valence-electron chi connectivity index (χ0n) is 18.5. The van der Waals surface area contributed by atoms with Gasteiger partial charge in [0.1, 0.15) is 28.7 Å². The molecule has 0 atom stereocenters. The molecule has 0 spiro atoms. The first-order valence-corrected chi connectivity index (χ1v) is 11.4. The van der Waals surface area contributed by atoms with E-state index in [1.54, 1.807) is 27.0 Å². The molecule has 0 saturated heterocycles. The van der Waals surface area contributed by atoms with Gasteiger partial charge in [-0.1, -0.05) is 6.92 Å². The summed E-state index contributed by atoms with van der Waals surface area (Å²) in [7, 11) is 1.60. The van der Waals surface area contributed by atoms with Crippen LogP contribution in [0.3, 0.4) is 0 Å². The predicted molar refractivity (Wildman–Crippen MR) is 118 cm³/mol. The molecule has 3 aromatic rings. The van der Waals surface area contributed by atoms with Crippen LogP contribution >= 0.6 is 11.8 Å². The zero-order valence-corrected chi connectivity index (χ0v) is 19.3. The van der Waals surface area contributed by atoms with E-state index in [0.29, 0.717) is 34.9 Å². The average Bonchev–Trinajstić information content (AvgIpc) is 3.51. The molecule has 3 heterocycles. The van der Waals surface area contributed by atoms with Crippen molar-refractivity contribution in [3.05, 3.63) is 34.4 Å². The van der Waals surface area contributed by atoms with Crippen LogP contribution in [0.5, 0.6) is 5.75 Å². The van der Waals surface area contributed by atoms with E-state index >= 15 is 0 Å². The lowest BCUT2D eigenvalue weighted by atomic mass is 10.2. The third kappa shape index (κ3) is 4.31. The molecule has 0 N–H and O–H groups in total. The summed E-state index contributed by atoms with van der Waals surface area (Å²) >= 11 is 1.45. The number of alkyl halides is 3. The van der Waals surface area contributed by atoms with Gasteiger partial charge in [0.2, 0.25) is 0 Å². The first-order chi connectivity index (χ1) is 15.5. The summed E-state index contributed by atoms with van der Waals surface area (Å²) < 4.78 is 49.2. The summed E-state index contributed by atoms with van der Waals surface area (Å²) in [4.78, 5) is 22.6. The number of nitriles is 1. The van der Waals surface area contributed by atoms with Crippen LogP contribution in [-0.2, 0) is 13.2 Å². The highest BCUT2D eigenvalue weighted by Crippen LogP contribution is 2.40. The molecule has 0 bridgehead atoms. The Hall–Kier alpha value is -3.00. The Balaban J connectivity index is 1.90. The molecule has 4 rings (SSSR count). The van der Waals surface area contributed by atoms with Crippen LogP contribution in [0.25, 0.3) is 22.6 Å². The van der Waals surface area contributed by atoms with Gasteiger partial charge in [-0.15, -0.1) is 11.8 Å². The van der Waals surface area contributed by atoms with Gasteiger partial charge in [0.25, 0.3) is 5.56 Å². The van der Waals surface area contributed by atoms with Gasteiger partial charge in [0.15, 0.2) is 11.4 Å². The number of pyridine rings is 2.